The Balaban J connectivity index is 1.60. The maximum Gasteiger partial charge on any atom is 0.244 e. The molecule has 2 aromatic heterocycles. The first-order valence-corrected chi connectivity index (χ1v) is 9.92. The molecule has 0 unspecified atom stereocenters. The zero-order valence-corrected chi connectivity index (χ0v) is 15.9. The smallest absolute Gasteiger partial charge is 0.244 e. The van der Waals surface area contributed by atoms with E-state index in [-0.39, 0.29) is 19.1 Å². The van der Waals surface area contributed by atoms with Crippen LogP contribution in [0.1, 0.15) is 30.5 Å². The normalized spacial score (nSPS) is 16.1. The number of rotatable bonds is 8. The molecule has 3 heterocycles. The molecule has 1 aliphatic heterocycles. The van der Waals surface area contributed by atoms with E-state index in [4.69, 9.17) is 0 Å². The zero-order chi connectivity index (χ0) is 18.4. The number of aliphatic hydroxyl groups is 1. The van der Waals surface area contributed by atoms with Gasteiger partial charge in [-0.2, -0.15) is 0 Å². The van der Waals surface area contributed by atoms with Gasteiger partial charge in [0.05, 0.1) is 19.7 Å². The van der Waals surface area contributed by atoms with Crippen LogP contribution < -0.4 is 0 Å². The molecule has 0 spiro atoms. The van der Waals surface area contributed by atoms with E-state index in [9.17, 15) is 9.90 Å². The number of hydrogen-bond donors (Lipinski definition) is 1. The largest absolute Gasteiger partial charge is 0.395 e. The lowest BCUT2D eigenvalue weighted by Gasteiger charge is -2.29. The van der Waals surface area contributed by atoms with E-state index < -0.39 is 0 Å². The third kappa shape index (κ3) is 5.09. The molecule has 1 amide bonds. The van der Waals surface area contributed by atoms with Crippen LogP contribution >= 0.6 is 11.3 Å². The Labute approximate surface area is 157 Å². The third-order valence-electron chi connectivity index (χ3n) is 4.78. The highest BCUT2D eigenvalue weighted by Gasteiger charge is 2.21. The van der Waals surface area contributed by atoms with Crippen LogP contribution in [0.5, 0.6) is 0 Å². The van der Waals surface area contributed by atoms with Gasteiger partial charge in [0.1, 0.15) is 6.54 Å². The molecular formula is C17H26N6O2S. The molecule has 0 aromatic carbocycles. The Bertz CT molecular complexity index is 681. The summed E-state index contributed by atoms with van der Waals surface area (Å²) in [6.07, 6.45) is 2.37. The summed E-state index contributed by atoms with van der Waals surface area (Å²) in [7, 11) is 0. The van der Waals surface area contributed by atoms with Gasteiger partial charge in [-0.25, -0.2) is 4.68 Å². The number of nitrogens with zero attached hydrogens (tertiary/aromatic N) is 6. The maximum absolute atomic E-state index is 12.7. The highest BCUT2D eigenvalue weighted by molar-refractivity contribution is 7.09. The fourth-order valence-corrected chi connectivity index (χ4v) is 3.83. The molecule has 0 bridgehead atoms. The van der Waals surface area contributed by atoms with Crippen molar-refractivity contribution in [3.8, 4) is 0 Å². The van der Waals surface area contributed by atoms with E-state index in [1.165, 1.54) is 12.8 Å². The minimum Gasteiger partial charge on any atom is -0.395 e. The molecule has 1 saturated heterocycles. The molecule has 3 rings (SSSR count). The second-order valence-corrected chi connectivity index (χ2v) is 7.86. The van der Waals surface area contributed by atoms with Crippen LogP contribution in [-0.2, 0) is 24.4 Å². The minimum absolute atomic E-state index is 0.0639. The van der Waals surface area contributed by atoms with Crippen LogP contribution in [0.4, 0.5) is 0 Å². The van der Waals surface area contributed by atoms with Gasteiger partial charge in [-0.3, -0.25) is 9.69 Å². The van der Waals surface area contributed by atoms with E-state index in [1.54, 1.807) is 20.9 Å². The van der Waals surface area contributed by atoms with Crippen molar-refractivity contribution in [3.63, 3.8) is 0 Å². The van der Waals surface area contributed by atoms with Gasteiger partial charge in [-0.15, -0.1) is 16.4 Å². The average Bonchev–Trinajstić information content (AvgIpc) is 3.29. The Hall–Kier alpha value is -1.84. The van der Waals surface area contributed by atoms with Gasteiger partial charge < -0.3 is 10.0 Å². The van der Waals surface area contributed by atoms with E-state index in [0.717, 1.165) is 23.9 Å². The number of likely N-dealkylation sites (tertiary alicyclic amines) is 1. The van der Waals surface area contributed by atoms with Crippen LogP contribution in [-0.4, -0.2) is 67.3 Å². The lowest BCUT2D eigenvalue weighted by atomic mass is 9.99. The number of carbonyl (C=O) groups excluding carboxylic acids is 1. The number of piperidine rings is 1. The molecule has 1 N–H and O–H groups in total. The molecule has 0 radical (unpaired) electrons. The molecular weight excluding hydrogens is 352 g/mol. The first kappa shape index (κ1) is 18.9. The molecule has 142 valence electrons. The second kappa shape index (κ2) is 9.20. The standard InChI is InChI=1S/C17H26N6O2S/c1-14-4-6-21(7-5-14)12-16-18-19-20-23(16)13-17(25)22(8-9-24)11-15-3-2-10-26-15/h2-3,10,14,24H,4-9,11-13H2,1H3. The lowest BCUT2D eigenvalue weighted by molar-refractivity contribution is -0.133. The molecule has 0 saturated carbocycles. The summed E-state index contributed by atoms with van der Waals surface area (Å²) >= 11 is 1.60. The van der Waals surface area contributed by atoms with E-state index in [1.807, 2.05) is 17.5 Å². The summed E-state index contributed by atoms with van der Waals surface area (Å²) in [6, 6.07) is 3.95. The van der Waals surface area contributed by atoms with Crippen molar-refractivity contribution >= 4 is 17.2 Å². The topological polar surface area (TPSA) is 87.4 Å². The number of aromatic nitrogens is 4. The fraction of sp³-hybridized carbons (Fsp3) is 0.647. The molecule has 2 aromatic rings. The Morgan fingerprint density at radius 3 is 2.92 bits per heavy atom. The van der Waals surface area contributed by atoms with Gasteiger partial charge in [0.15, 0.2) is 5.82 Å². The molecule has 26 heavy (non-hydrogen) atoms. The van der Waals surface area contributed by atoms with Crippen molar-refractivity contribution < 1.29 is 9.90 Å². The Morgan fingerprint density at radius 1 is 1.42 bits per heavy atom. The Kier molecular flexibility index (Phi) is 6.70. The number of tetrazole rings is 1. The molecule has 8 nitrogen and oxygen atoms in total. The van der Waals surface area contributed by atoms with Crippen LogP contribution in [0, 0.1) is 5.92 Å². The third-order valence-corrected chi connectivity index (χ3v) is 5.64. The lowest BCUT2D eigenvalue weighted by Crippen LogP contribution is -2.37. The SMILES string of the molecule is CC1CCN(Cc2nnnn2CC(=O)N(CCO)Cc2cccs2)CC1. The summed E-state index contributed by atoms with van der Waals surface area (Å²) in [5.74, 6) is 1.40. The fourth-order valence-electron chi connectivity index (χ4n) is 3.11. The summed E-state index contributed by atoms with van der Waals surface area (Å²) in [5.41, 5.74) is 0. The minimum atomic E-state index is -0.0896. The van der Waals surface area contributed by atoms with Crippen LogP contribution in [0.2, 0.25) is 0 Å². The van der Waals surface area contributed by atoms with Crippen molar-refractivity contribution in [1.29, 1.82) is 0 Å². The predicted molar refractivity (Wildman–Crippen MR) is 98.3 cm³/mol. The Morgan fingerprint density at radius 2 is 2.23 bits per heavy atom. The van der Waals surface area contributed by atoms with Crippen LogP contribution in [0.25, 0.3) is 0 Å². The number of hydrogen-bond acceptors (Lipinski definition) is 7. The maximum atomic E-state index is 12.7. The average molecular weight is 379 g/mol. The van der Waals surface area contributed by atoms with Crippen molar-refractivity contribution in [2.45, 2.75) is 39.4 Å². The van der Waals surface area contributed by atoms with E-state index in [2.05, 4.69) is 27.3 Å². The zero-order valence-electron chi connectivity index (χ0n) is 15.1. The van der Waals surface area contributed by atoms with Crippen LogP contribution in [0.15, 0.2) is 17.5 Å². The van der Waals surface area contributed by atoms with Gasteiger partial charge in [-0.05, 0) is 53.7 Å². The van der Waals surface area contributed by atoms with Gasteiger partial charge in [0.25, 0.3) is 0 Å². The molecule has 0 atom stereocenters. The van der Waals surface area contributed by atoms with Crippen molar-refractivity contribution in [2.75, 3.05) is 26.2 Å². The second-order valence-electron chi connectivity index (χ2n) is 6.83. The first-order chi connectivity index (χ1) is 12.7. The first-order valence-electron chi connectivity index (χ1n) is 9.04. The number of thiophene rings is 1. The van der Waals surface area contributed by atoms with Crippen molar-refractivity contribution in [1.82, 2.24) is 30.0 Å². The summed E-state index contributed by atoms with van der Waals surface area (Å²) in [6.45, 7) is 5.86. The van der Waals surface area contributed by atoms with Gasteiger partial charge in [-0.1, -0.05) is 13.0 Å². The van der Waals surface area contributed by atoms with Crippen LogP contribution in [0.3, 0.4) is 0 Å². The monoisotopic (exact) mass is 378 g/mol. The number of aliphatic hydroxyl groups excluding tert-OH is 1. The summed E-state index contributed by atoms with van der Waals surface area (Å²) in [5, 5.41) is 23.1. The molecule has 0 aliphatic carbocycles. The van der Waals surface area contributed by atoms with Gasteiger partial charge in [0.2, 0.25) is 5.91 Å². The van der Waals surface area contributed by atoms with E-state index in [0.29, 0.717) is 25.5 Å². The molecule has 1 fully saturated rings. The van der Waals surface area contributed by atoms with Crippen molar-refractivity contribution in [2.24, 2.45) is 5.92 Å². The highest BCUT2D eigenvalue weighted by Crippen LogP contribution is 2.17. The summed E-state index contributed by atoms with van der Waals surface area (Å²) in [4.78, 5) is 17.8. The van der Waals surface area contributed by atoms with Gasteiger partial charge in [0, 0.05) is 11.4 Å². The molecule has 9 heteroatoms. The number of carbonyl (C=O) groups is 1. The highest BCUT2D eigenvalue weighted by atomic mass is 32.1. The number of amides is 1. The van der Waals surface area contributed by atoms with E-state index >= 15 is 0 Å². The van der Waals surface area contributed by atoms with Gasteiger partial charge >= 0.3 is 0 Å². The quantitative estimate of drug-likeness (QED) is 0.737. The summed E-state index contributed by atoms with van der Waals surface area (Å²) < 4.78 is 1.58. The predicted octanol–water partition coefficient (Wildman–Crippen LogP) is 0.988. The molecule has 1 aliphatic rings. The van der Waals surface area contributed by atoms with Crippen molar-refractivity contribution in [3.05, 3.63) is 28.2 Å².